The molecule has 0 radical (unpaired) electrons. The van der Waals surface area contributed by atoms with E-state index in [4.69, 9.17) is 17.3 Å². The second-order valence-corrected chi connectivity index (χ2v) is 3.30. The lowest BCUT2D eigenvalue weighted by Crippen LogP contribution is -1.93. The standard InChI is InChI=1S/C8H9ClN2/c9-8-3-6(5-1-2-5)7(10)4-11-8/h3-5H,1-2,10H2. The maximum absolute atomic E-state index is 5.72. The number of pyridine rings is 1. The van der Waals surface area contributed by atoms with Crippen LogP contribution in [0.3, 0.4) is 0 Å². The Morgan fingerprint density at radius 1 is 1.55 bits per heavy atom. The van der Waals surface area contributed by atoms with Crippen molar-refractivity contribution in [1.29, 1.82) is 0 Å². The van der Waals surface area contributed by atoms with Crippen LogP contribution in [-0.4, -0.2) is 4.98 Å². The zero-order valence-electron chi connectivity index (χ0n) is 6.05. The predicted molar refractivity (Wildman–Crippen MR) is 45.6 cm³/mol. The van der Waals surface area contributed by atoms with E-state index < -0.39 is 0 Å². The number of hydrogen-bond donors (Lipinski definition) is 1. The van der Waals surface area contributed by atoms with E-state index in [1.807, 2.05) is 6.07 Å². The number of halogens is 1. The highest BCUT2D eigenvalue weighted by Crippen LogP contribution is 2.42. The largest absolute Gasteiger partial charge is 0.397 e. The number of nitrogens with two attached hydrogens (primary N) is 1. The van der Waals surface area contributed by atoms with Crippen molar-refractivity contribution >= 4 is 17.3 Å². The molecule has 11 heavy (non-hydrogen) atoms. The SMILES string of the molecule is Nc1cnc(Cl)cc1C1CC1. The molecule has 0 amide bonds. The second kappa shape index (κ2) is 2.38. The minimum absolute atomic E-state index is 0.543. The Bertz CT molecular complexity index is 281. The van der Waals surface area contributed by atoms with Crippen molar-refractivity contribution in [2.24, 2.45) is 0 Å². The molecular weight excluding hydrogens is 160 g/mol. The van der Waals surface area contributed by atoms with Crippen LogP contribution in [0.4, 0.5) is 5.69 Å². The van der Waals surface area contributed by atoms with Gasteiger partial charge in [0.25, 0.3) is 0 Å². The maximum Gasteiger partial charge on any atom is 0.129 e. The summed E-state index contributed by atoms with van der Waals surface area (Å²) in [4.78, 5) is 3.89. The quantitative estimate of drug-likeness (QED) is 0.653. The van der Waals surface area contributed by atoms with E-state index in [2.05, 4.69) is 4.98 Å². The Balaban J connectivity index is 2.42. The van der Waals surface area contributed by atoms with Crippen LogP contribution in [0.2, 0.25) is 5.15 Å². The lowest BCUT2D eigenvalue weighted by Gasteiger charge is -2.01. The maximum atomic E-state index is 5.72. The third kappa shape index (κ3) is 1.31. The highest BCUT2D eigenvalue weighted by atomic mass is 35.5. The molecule has 2 N–H and O–H groups in total. The van der Waals surface area contributed by atoms with Crippen LogP contribution in [0, 0.1) is 0 Å². The molecule has 58 valence electrons. The van der Waals surface area contributed by atoms with Gasteiger partial charge in [-0.2, -0.15) is 0 Å². The number of nitrogen functional groups attached to an aromatic ring is 1. The third-order valence-electron chi connectivity index (χ3n) is 1.95. The monoisotopic (exact) mass is 168 g/mol. The van der Waals surface area contributed by atoms with Gasteiger partial charge in [-0.15, -0.1) is 0 Å². The molecule has 3 heteroatoms. The van der Waals surface area contributed by atoms with Crippen LogP contribution in [0.1, 0.15) is 24.3 Å². The summed E-state index contributed by atoms with van der Waals surface area (Å²) in [6.45, 7) is 0. The number of hydrogen-bond acceptors (Lipinski definition) is 2. The molecule has 1 saturated carbocycles. The van der Waals surface area contributed by atoms with Gasteiger partial charge in [0.1, 0.15) is 5.15 Å². The van der Waals surface area contributed by atoms with Gasteiger partial charge in [0, 0.05) is 0 Å². The molecule has 1 aromatic rings. The molecule has 1 aliphatic rings. The smallest absolute Gasteiger partial charge is 0.129 e. The van der Waals surface area contributed by atoms with Crippen LogP contribution < -0.4 is 5.73 Å². The van der Waals surface area contributed by atoms with Crippen molar-refractivity contribution in [1.82, 2.24) is 4.98 Å². The molecule has 1 aliphatic carbocycles. The molecule has 0 bridgehead atoms. The minimum atomic E-state index is 0.543. The average Bonchev–Trinajstić information content (AvgIpc) is 2.76. The van der Waals surface area contributed by atoms with Gasteiger partial charge in [-0.1, -0.05) is 11.6 Å². The zero-order chi connectivity index (χ0) is 7.84. The molecular formula is C8H9ClN2. The number of aromatic nitrogens is 1. The predicted octanol–water partition coefficient (Wildman–Crippen LogP) is 2.19. The fourth-order valence-corrected chi connectivity index (χ4v) is 1.37. The Labute approximate surface area is 70.4 Å². The number of nitrogens with zero attached hydrogens (tertiary/aromatic N) is 1. The van der Waals surface area contributed by atoms with E-state index in [1.165, 1.54) is 18.4 Å². The number of anilines is 1. The summed E-state index contributed by atoms with van der Waals surface area (Å²) in [5.74, 6) is 0.649. The molecule has 0 unspecified atom stereocenters. The van der Waals surface area contributed by atoms with Crippen molar-refractivity contribution in [3.8, 4) is 0 Å². The van der Waals surface area contributed by atoms with Gasteiger partial charge in [-0.05, 0) is 30.4 Å². The molecule has 0 aromatic carbocycles. The van der Waals surface area contributed by atoms with E-state index in [0.29, 0.717) is 11.1 Å². The second-order valence-electron chi connectivity index (χ2n) is 2.91. The third-order valence-corrected chi connectivity index (χ3v) is 2.16. The van der Waals surface area contributed by atoms with E-state index in [1.54, 1.807) is 6.20 Å². The lowest BCUT2D eigenvalue weighted by molar-refractivity contribution is 1.11. The average molecular weight is 169 g/mol. The Morgan fingerprint density at radius 3 is 2.91 bits per heavy atom. The van der Waals surface area contributed by atoms with Crippen LogP contribution in [0.15, 0.2) is 12.3 Å². The van der Waals surface area contributed by atoms with Crippen molar-refractivity contribution < 1.29 is 0 Å². The first kappa shape index (κ1) is 6.92. The van der Waals surface area contributed by atoms with Crippen molar-refractivity contribution in [2.45, 2.75) is 18.8 Å². The molecule has 2 rings (SSSR count). The first-order valence-electron chi connectivity index (χ1n) is 3.68. The highest BCUT2D eigenvalue weighted by Gasteiger charge is 2.25. The molecule has 1 fully saturated rings. The van der Waals surface area contributed by atoms with Crippen molar-refractivity contribution in [2.75, 3.05) is 5.73 Å². The van der Waals surface area contributed by atoms with E-state index in [9.17, 15) is 0 Å². The van der Waals surface area contributed by atoms with Gasteiger partial charge in [-0.25, -0.2) is 4.98 Å². The Kier molecular flexibility index (Phi) is 1.50. The van der Waals surface area contributed by atoms with Gasteiger partial charge in [0.2, 0.25) is 0 Å². The summed E-state index contributed by atoms with van der Waals surface area (Å²) in [5, 5.41) is 0.543. The summed E-state index contributed by atoms with van der Waals surface area (Å²) in [6, 6.07) is 1.87. The normalized spacial score (nSPS) is 16.8. The van der Waals surface area contributed by atoms with Gasteiger partial charge < -0.3 is 5.73 Å². The number of rotatable bonds is 1. The molecule has 0 aliphatic heterocycles. The Morgan fingerprint density at radius 2 is 2.27 bits per heavy atom. The molecule has 0 atom stereocenters. The van der Waals surface area contributed by atoms with Gasteiger partial charge in [-0.3, -0.25) is 0 Å². The Hall–Kier alpha value is -0.760. The molecule has 2 nitrogen and oxygen atoms in total. The van der Waals surface area contributed by atoms with E-state index >= 15 is 0 Å². The molecule has 0 saturated heterocycles. The summed E-state index contributed by atoms with van der Waals surface area (Å²) < 4.78 is 0. The van der Waals surface area contributed by atoms with Crippen LogP contribution in [0.5, 0.6) is 0 Å². The van der Waals surface area contributed by atoms with E-state index in [-0.39, 0.29) is 0 Å². The van der Waals surface area contributed by atoms with Crippen LogP contribution in [0.25, 0.3) is 0 Å². The molecule has 0 spiro atoms. The topological polar surface area (TPSA) is 38.9 Å². The summed E-state index contributed by atoms with van der Waals surface area (Å²) in [7, 11) is 0. The summed E-state index contributed by atoms with van der Waals surface area (Å²) in [6.07, 6.45) is 4.12. The van der Waals surface area contributed by atoms with Crippen molar-refractivity contribution in [3.05, 3.63) is 23.0 Å². The van der Waals surface area contributed by atoms with Crippen LogP contribution >= 0.6 is 11.6 Å². The van der Waals surface area contributed by atoms with Crippen molar-refractivity contribution in [3.63, 3.8) is 0 Å². The van der Waals surface area contributed by atoms with E-state index in [0.717, 1.165) is 5.69 Å². The molecule has 1 heterocycles. The summed E-state index contributed by atoms with van der Waals surface area (Å²) in [5.41, 5.74) is 7.66. The first-order valence-corrected chi connectivity index (χ1v) is 4.06. The zero-order valence-corrected chi connectivity index (χ0v) is 6.80. The molecule has 1 aromatic heterocycles. The van der Waals surface area contributed by atoms with Gasteiger partial charge >= 0.3 is 0 Å². The highest BCUT2D eigenvalue weighted by molar-refractivity contribution is 6.29. The fraction of sp³-hybridized carbons (Fsp3) is 0.375. The van der Waals surface area contributed by atoms with Gasteiger partial charge in [0.15, 0.2) is 0 Å². The first-order chi connectivity index (χ1) is 5.27. The minimum Gasteiger partial charge on any atom is -0.397 e. The van der Waals surface area contributed by atoms with Gasteiger partial charge in [0.05, 0.1) is 11.9 Å². The lowest BCUT2D eigenvalue weighted by atomic mass is 10.1. The van der Waals surface area contributed by atoms with Crippen LogP contribution in [-0.2, 0) is 0 Å². The summed E-state index contributed by atoms with van der Waals surface area (Å²) >= 11 is 5.72. The fourth-order valence-electron chi connectivity index (χ4n) is 1.20.